The summed E-state index contributed by atoms with van der Waals surface area (Å²) >= 11 is 0. The topological polar surface area (TPSA) is 53.2 Å². The Morgan fingerprint density at radius 1 is 1.24 bits per heavy atom. The molecule has 4 heteroatoms. The molecule has 1 saturated carbocycles. The van der Waals surface area contributed by atoms with Gasteiger partial charge in [0.05, 0.1) is 5.56 Å². The second-order valence-electron chi connectivity index (χ2n) is 6.24. The first-order chi connectivity index (χ1) is 10.2. The number of carbonyl (C=O) groups is 1. The average molecular weight is 282 g/mol. The van der Waals surface area contributed by atoms with Gasteiger partial charge in [-0.1, -0.05) is 24.6 Å². The molecule has 21 heavy (non-hydrogen) atoms. The van der Waals surface area contributed by atoms with Crippen LogP contribution in [-0.4, -0.2) is 28.4 Å². The Balaban J connectivity index is 1.79. The van der Waals surface area contributed by atoms with Gasteiger partial charge in [0.2, 0.25) is 5.56 Å². The fourth-order valence-corrected chi connectivity index (χ4v) is 3.92. The van der Waals surface area contributed by atoms with Crippen LogP contribution in [0, 0.1) is 5.92 Å². The van der Waals surface area contributed by atoms with Crippen LogP contribution in [0.4, 0.5) is 0 Å². The highest BCUT2D eigenvalue weighted by Gasteiger charge is 2.38. The van der Waals surface area contributed by atoms with Crippen LogP contribution in [0.25, 0.3) is 10.9 Å². The Bertz CT molecular complexity index is 765. The first-order valence-electron chi connectivity index (χ1n) is 7.65. The predicted octanol–water partition coefficient (Wildman–Crippen LogP) is 2.54. The summed E-state index contributed by atoms with van der Waals surface area (Å²) in [4.78, 5) is 29.5. The smallest absolute Gasteiger partial charge is 0.255 e. The number of nitrogens with zero attached hydrogens (tertiary/aromatic N) is 1. The molecule has 2 atom stereocenters. The van der Waals surface area contributed by atoms with E-state index in [1.807, 2.05) is 29.2 Å². The molecule has 1 aromatic heterocycles. The van der Waals surface area contributed by atoms with Crippen molar-refractivity contribution in [1.82, 2.24) is 9.88 Å². The minimum atomic E-state index is -0.209. The lowest BCUT2D eigenvalue weighted by Gasteiger charge is -2.25. The number of carbonyl (C=O) groups excluding carboxylic acids is 1. The van der Waals surface area contributed by atoms with Crippen molar-refractivity contribution < 1.29 is 4.79 Å². The summed E-state index contributed by atoms with van der Waals surface area (Å²) in [6.45, 7) is 0.852. The minimum absolute atomic E-state index is 0.0201. The van der Waals surface area contributed by atoms with Crippen LogP contribution < -0.4 is 5.56 Å². The number of rotatable bonds is 1. The van der Waals surface area contributed by atoms with Crippen molar-refractivity contribution in [3.63, 3.8) is 0 Å². The van der Waals surface area contributed by atoms with Gasteiger partial charge >= 0.3 is 0 Å². The number of aromatic nitrogens is 1. The number of fused-ring (bicyclic) bond motifs is 3. The standard InChI is InChI=1S/C17H18N2O2/c20-16-9-14(13-6-1-2-7-15(13)18-16)17(21)19-10-11-4-3-5-12(19)8-11/h1-2,6-7,9,11-12H,3-5,8,10H2,(H,18,20)/t11-,12+/m1/s1. The van der Waals surface area contributed by atoms with Crippen molar-refractivity contribution in [3.8, 4) is 0 Å². The Labute approximate surface area is 122 Å². The van der Waals surface area contributed by atoms with Crippen LogP contribution in [0.5, 0.6) is 0 Å². The molecule has 1 N–H and O–H groups in total. The third kappa shape index (κ3) is 2.06. The quantitative estimate of drug-likeness (QED) is 0.874. The van der Waals surface area contributed by atoms with E-state index >= 15 is 0 Å². The monoisotopic (exact) mass is 282 g/mol. The third-order valence-corrected chi connectivity index (χ3v) is 4.89. The fraction of sp³-hybridized carbons (Fsp3) is 0.412. The molecule has 0 unspecified atom stereocenters. The molecule has 1 amide bonds. The van der Waals surface area contributed by atoms with Crippen LogP contribution in [0.2, 0.25) is 0 Å². The van der Waals surface area contributed by atoms with Crippen LogP contribution in [0.15, 0.2) is 35.1 Å². The van der Waals surface area contributed by atoms with E-state index in [9.17, 15) is 9.59 Å². The zero-order valence-corrected chi connectivity index (χ0v) is 11.8. The molecule has 1 aromatic carbocycles. The van der Waals surface area contributed by atoms with Gasteiger partial charge in [-0.25, -0.2) is 0 Å². The summed E-state index contributed by atoms with van der Waals surface area (Å²) in [7, 11) is 0. The van der Waals surface area contributed by atoms with E-state index in [0.29, 0.717) is 17.5 Å². The van der Waals surface area contributed by atoms with Gasteiger partial charge in [0.1, 0.15) is 0 Å². The summed E-state index contributed by atoms with van der Waals surface area (Å²) in [5.74, 6) is 0.674. The average Bonchev–Trinajstić information content (AvgIpc) is 2.79. The van der Waals surface area contributed by atoms with Crippen LogP contribution in [-0.2, 0) is 0 Å². The normalized spacial score (nSPS) is 24.5. The zero-order valence-electron chi connectivity index (χ0n) is 11.8. The molecule has 4 rings (SSSR count). The maximum atomic E-state index is 12.9. The van der Waals surface area contributed by atoms with Crippen molar-refractivity contribution >= 4 is 16.8 Å². The lowest BCUT2D eigenvalue weighted by atomic mass is 9.90. The van der Waals surface area contributed by atoms with Crippen molar-refractivity contribution in [2.45, 2.75) is 31.7 Å². The van der Waals surface area contributed by atoms with Crippen LogP contribution >= 0.6 is 0 Å². The third-order valence-electron chi connectivity index (χ3n) is 4.89. The van der Waals surface area contributed by atoms with E-state index in [1.165, 1.54) is 18.9 Å². The van der Waals surface area contributed by atoms with E-state index in [2.05, 4.69) is 4.98 Å². The van der Waals surface area contributed by atoms with Gasteiger partial charge in [0.15, 0.2) is 0 Å². The minimum Gasteiger partial charge on any atom is -0.335 e. The Morgan fingerprint density at radius 2 is 2.10 bits per heavy atom. The van der Waals surface area contributed by atoms with Gasteiger partial charge in [-0.3, -0.25) is 9.59 Å². The Morgan fingerprint density at radius 3 is 2.95 bits per heavy atom. The van der Waals surface area contributed by atoms with Crippen molar-refractivity contribution in [2.75, 3.05) is 6.54 Å². The Kier molecular flexibility index (Phi) is 2.84. The second kappa shape index (κ2) is 4.72. The van der Waals surface area contributed by atoms with Crippen molar-refractivity contribution in [2.24, 2.45) is 5.92 Å². The van der Waals surface area contributed by atoms with Gasteiger partial charge in [-0.05, 0) is 31.2 Å². The van der Waals surface area contributed by atoms with E-state index in [-0.39, 0.29) is 11.5 Å². The highest BCUT2D eigenvalue weighted by Crippen LogP contribution is 2.36. The van der Waals surface area contributed by atoms with Gasteiger partial charge in [-0.2, -0.15) is 0 Å². The number of pyridine rings is 1. The largest absolute Gasteiger partial charge is 0.335 e. The van der Waals surface area contributed by atoms with E-state index < -0.39 is 0 Å². The molecule has 0 radical (unpaired) electrons. The highest BCUT2D eigenvalue weighted by atomic mass is 16.2. The van der Waals surface area contributed by atoms with Crippen LogP contribution in [0.3, 0.4) is 0 Å². The first-order valence-corrected chi connectivity index (χ1v) is 7.65. The SMILES string of the molecule is O=C(c1cc(=O)[nH]c2ccccc12)N1C[C@@H]2CCC[C@H]1C2. The lowest BCUT2D eigenvalue weighted by Crippen LogP contribution is -2.35. The predicted molar refractivity (Wildman–Crippen MR) is 81.4 cm³/mol. The molecule has 0 spiro atoms. The van der Waals surface area contributed by atoms with Gasteiger partial charge < -0.3 is 9.88 Å². The molecule has 108 valence electrons. The molecule has 2 aromatic rings. The highest BCUT2D eigenvalue weighted by molar-refractivity contribution is 6.06. The molecule has 4 nitrogen and oxygen atoms in total. The van der Waals surface area contributed by atoms with Crippen LogP contribution in [0.1, 0.15) is 36.0 Å². The summed E-state index contributed by atoms with van der Waals surface area (Å²) in [6.07, 6.45) is 4.68. The molecule has 1 aliphatic carbocycles. The zero-order chi connectivity index (χ0) is 14.4. The van der Waals surface area contributed by atoms with Gasteiger partial charge in [-0.15, -0.1) is 0 Å². The van der Waals surface area contributed by atoms with E-state index in [0.717, 1.165) is 30.3 Å². The molecule has 2 aliphatic rings. The number of aromatic amines is 1. The van der Waals surface area contributed by atoms with E-state index in [1.54, 1.807) is 0 Å². The van der Waals surface area contributed by atoms with E-state index in [4.69, 9.17) is 0 Å². The number of likely N-dealkylation sites (tertiary alicyclic amines) is 1. The molecular weight excluding hydrogens is 264 g/mol. The second-order valence-corrected chi connectivity index (χ2v) is 6.24. The maximum Gasteiger partial charge on any atom is 0.255 e. The fourth-order valence-electron chi connectivity index (χ4n) is 3.92. The number of hydrogen-bond acceptors (Lipinski definition) is 2. The molecule has 2 heterocycles. The number of benzene rings is 1. The maximum absolute atomic E-state index is 12.9. The number of H-pyrrole nitrogens is 1. The number of amides is 1. The van der Waals surface area contributed by atoms with Gasteiger partial charge in [0, 0.05) is 29.6 Å². The number of hydrogen-bond donors (Lipinski definition) is 1. The van der Waals surface area contributed by atoms with Crippen molar-refractivity contribution in [1.29, 1.82) is 0 Å². The lowest BCUT2D eigenvalue weighted by molar-refractivity contribution is 0.0735. The molecule has 2 bridgehead atoms. The molecular formula is C17H18N2O2. The Hall–Kier alpha value is -2.10. The summed E-state index contributed by atoms with van der Waals surface area (Å²) in [6, 6.07) is 9.34. The first kappa shape index (κ1) is 12.6. The molecule has 2 fully saturated rings. The summed E-state index contributed by atoms with van der Waals surface area (Å²) < 4.78 is 0. The number of nitrogens with one attached hydrogen (secondary N) is 1. The number of para-hydroxylation sites is 1. The summed E-state index contributed by atoms with van der Waals surface area (Å²) in [5, 5.41) is 0.837. The summed E-state index contributed by atoms with van der Waals surface area (Å²) in [5.41, 5.74) is 1.07. The van der Waals surface area contributed by atoms with Crippen molar-refractivity contribution in [3.05, 3.63) is 46.2 Å². The molecule has 1 saturated heterocycles. The molecule has 1 aliphatic heterocycles. The van der Waals surface area contributed by atoms with Gasteiger partial charge in [0.25, 0.3) is 5.91 Å².